The number of nitrogens with zero attached hydrogens (tertiary/aromatic N) is 5. The van der Waals surface area contributed by atoms with Gasteiger partial charge in [0.15, 0.2) is 0 Å². The van der Waals surface area contributed by atoms with Gasteiger partial charge in [-0.1, -0.05) is 31.6 Å². The number of hydrogen-bond donors (Lipinski definition) is 1. The average Bonchev–Trinajstić information content (AvgIpc) is 3.51. The van der Waals surface area contributed by atoms with Crippen molar-refractivity contribution in [3.05, 3.63) is 53.5 Å². The number of aliphatic hydroxyl groups is 1. The monoisotopic (exact) mass is 583 g/mol. The Hall–Kier alpha value is -2.73. The zero-order valence-electron chi connectivity index (χ0n) is 24.9. The van der Waals surface area contributed by atoms with Gasteiger partial charge in [-0.2, -0.15) is 10.4 Å². The molecule has 0 amide bonds. The first-order valence-corrected chi connectivity index (χ1v) is 16.5. The third-order valence-electron chi connectivity index (χ3n) is 11.8. The van der Waals surface area contributed by atoms with Gasteiger partial charge < -0.3 is 9.84 Å². The Morgan fingerprint density at radius 3 is 2.83 bits per heavy atom. The number of aliphatic hydroxyl groups excluding tert-OH is 1. The Morgan fingerprint density at radius 2 is 2.02 bits per heavy atom. The molecule has 7 atom stereocenters. The second-order valence-corrected chi connectivity index (χ2v) is 14.6. The molecule has 4 aliphatic carbocycles. The van der Waals surface area contributed by atoms with E-state index < -0.39 is 0 Å². The van der Waals surface area contributed by atoms with E-state index in [1.807, 2.05) is 48.5 Å². The Balaban J connectivity index is 1.11. The van der Waals surface area contributed by atoms with Crippen molar-refractivity contribution in [2.75, 3.05) is 12.9 Å². The minimum absolute atomic E-state index is 0.0668. The number of thioether (sulfide) groups is 1. The lowest BCUT2D eigenvalue weighted by atomic mass is 9.45. The molecular formula is C34H41N5O2S. The smallest absolute Gasteiger partial charge is 0.115 e. The molecule has 2 heterocycles. The molecule has 220 valence electrons. The quantitative estimate of drug-likeness (QED) is 0.319. The molecule has 4 aliphatic rings. The van der Waals surface area contributed by atoms with Crippen LogP contribution < -0.4 is 0 Å². The minimum atomic E-state index is -0.369. The highest BCUT2D eigenvalue weighted by Gasteiger charge is 2.66. The van der Waals surface area contributed by atoms with Gasteiger partial charge in [0.1, 0.15) is 5.03 Å². The molecule has 3 fully saturated rings. The van der Waals surface area contributed by atoms with Gasteiger partial charge >= 0.3 is 0 Å². The summed E-state index contributed by atoms with van der Waals surface area (Å²) in [7, 11) is 1.89. The summed E-state index contributed by atoms with van der Waals surface area (Å²) < 4.78 is 8.51. The zero-order valence-corrected chi connectivity index (χ0v) is 25.7. The van der Waals surface area contributed by atoms with E-state index in [-0.39, 0.29) is 28.5 Å². The molecule has 0 aliphatic heterocycles. The second-order valence-electron chi connectivity index (χ2n) is 13.5. The van der Waals surface area contributed by atoms with Crippen molar-refractivity contribution in [3.63, 3.8) is 0 Å². The van der Waals surface area contributed by atoms with E-state index in [1.165, 1.54) is 16.8 Å². The predicted molar refractivity (Wildman–Crippen MR) is 165 cm³/mol. The van der Waals surface area contributed by atoms with E-state index in [4.69, 9.17) is 15.0 Å². The zero-order chi connectivity index (χ0) is 29.1. The van der Waals surface area contributed by atoms with E-state index in [1.54, 1.807) is 11.8 Å². The molecule has 0 radical (unpaired) electrons. The van der Waals surface area contributed by atoms with Crippen LogP contribution in [-0.2, 0) is 17.7 Å². The average molecular weight is 584 g/mol. The van der Waals surface area contributed by atoms with Crippen LogP contribution in [0.2, 0.25) is 0 Å². The summed E-state index contributed by atoms with van der Waals surface area (Å²) in [5, 5.41) is 26.7. The van der Waals surface area contributed by atoms with Crippen molar-refractivity contribution in [1.82, 2.24) is 19.7 Å². The van der Waals surface area contributed by atoms with E-state index in [0.29, 0.717) is 24.8 Å². The Labute approximate surface area is 252 Å². The summed E-state index contributed by atoms with van der Waals surface area (Å²) in [6.07, 6.45) is 13.3. The van der Waals surface area contributed by atoms with Crippen molar-refractivity contribution in [2.45, 2.75) is 88.5 Å². The van der Waals surface area contributed by atoms with Crippen molar-refractivity contribution in [1.29, 1.82) is 5.26 Å². The summed E-state index contributed by atoms with van der Waals surface area (Å²) in [5.74, 6) is 2.17. The van der Waals surface area contributed by atoms with Crippen LogP contribution in [0.15, 0.2) is 47.3 Å². The van der Waals surface area contributed by atoms with Gasteiger partial charge in [0.25, 0.3) is 0 Å². The summed E-state index contributed by atoms with van der Waals surface area (Å²) >= 11 is 1.76. The second kappa shape index (κ2) is 10.5. The van der Waals surface area contributed by atoms with Crippen molar-refractivity contribution >= 4 is 28.9 Å². The van der Waals surface area contributed by atoms with Crippen LogP contribution in [-0.4, -0.2) is 49.4 Å². The molecule has 0 saturated heterocycles. The van der Waals surface area contributed by atoms with Gasteiger partial charge in [0.05, 0.1) is 59.9 Å². The molecule has 7 unspecified atom stereocenters. The van der Waals surface area contributed by atoms with Crippen molar-refractivity contribution in [2.24, 2.45) is 28.6 Å². The third kappa shape index (κ3) is 4.18. The SMILES string of the molecule is COC1(CCSc2cnc3ccccc3n2)CCC2C3CCC4=Cc5c(cnn5CCC#N)CC4(C)C3C(O)CC21C. The predicted octanol–water partition coefficient (Wildman–Crippen LogP) is 6.46. The Morgan fingerprint density at radius 1 is 1.19 bits per heavy atom. The molecule has 3 aromatic rings. The van der Waals surface area contributed by atoms with Gasteiger partial charge in [0.2, 0.25) is 0 Å². The van der Waals surface area contributed by atoms with Crippen LogP contribution in [0.3, 0.4) is 0 Å². The lowest BCUT2D eigenvalue weighted by molar-refractivity contribution is -0.180. The van der Waals surface area contributed by atoms with E-state index in [0.717, 1.165) is 66.8 Å². The number of fused-ring (bicyclic) bond motifs is 7. The molecule has 42 heavy (non-hydrogen) atoms. The lowest BCUT2D eigenvalue weighted by Crippen LogP contribution is -2.60. The van der Waals surface area contributed by atoms with Gasteiger partial charge in [-0.05, 0) is 91.9 Å². The van der Waals surface area contributed by atoms with Gasteiger partial charge in [-0.3, -0.25) is 9.67 Å². The van der Waals surface area contributed by atoms with E-state index in [9.17, 15) is 5.11 Å². The largest absolute Gasteiger partial charge is 0.393 e. The molecular weight excluding hydrogens is 542 g/mol. The fourth-order valence-electron chi connectivity index (χ4n) is 9.83. The maximum absolute atomic E-state index is 12.1. The first-order chi connectivity index (χ1) is 20.3. The molecule has 1 aromatic carbocycles. The highest BCUT2D eigenvalue weighted by atomic mass is 32.2. The molecule has 7 nitrogen and oxygen atoms in total. The molecule has 7 rings (SSSR count). The summed E-state index contributed by atoms with van der Waals surface area (Å²) in [4.78, 5) is 9.43. The number of methoxy groups -OCH3 is 1. The van der Waals surface area contributed by atoms with Gasteiger partial charge in [-0.25, -0.2) is 4.98 Å². The Bertz CT molecular complexity index is 1580. The summed E-state index contributed by atoms with van der Waals surface area (Å²) in [6, 6.07) is 10.3. The number of benzene rings is 1. The van der Waals surface area contributed by atoms with Crippen LogP contribution in [0.1, 0.15) is 70.1 Å². The fraction of sp³-hybridized carbons (Fsp3) is 0.588. The number of ether oxygens (including phenoxy) is 1. The molecule has 1 N–H and O–H groups in total. The van der Waals surface area contributed by atoms with E-state index >= 15 is 0 Å². The topological polar surface area (TPSA) is 96.9 Å². The van der Waals surface area contributed by atoms with Gasteiger partial charge in [-0.15, -0.1) is 11.8 Å². The van der Waals surface area contributed by atoms with Gasteiger partial charge in [0, 0.05) is 18.3 Å². The van der Waals surface area contributed by atoms with Crippen molar-refractivity contribution < 1.29 is 9.84 Å². The standard InChI is InChI=1S/C34H41N5O2S/c1-32-18-22-20-37-39(15-6-14-35)28(22)17-23(32)9-10-24-25-11-12-34(41-3,33(25,2)19-29(40)31(24)32)13-16-42-30-21-36-26-7-4-5-8-27(26)38-30/h4-5,7-8,17,20-21,24-25,29,31,40H,6,9-13,15-16,18-19H2,1-3H3. The normalized spacial score (nSPS) is 35.1. The summed E-state index contributed by atoms with van der Waals surface area (Å²) in [6.45, 7) is 5.45. The first kappa shape index (κ1) is 28.1. The first-order valence-electron chi connectivity index (χ1n) is 15.5. The number of allylic oxidation sites excluding steroid dienone is 1. The number of nitriles is 1. The van der Waals surface area contributed by atoms with Crippen LogP contribution in [0.4, 0.5) is 0 Å². The van der Waals surface area contributed by atoms with Crippen LogP contribution in [0, 0.1) is 39.9 Å². The number of hydrogen-bond acceptors (Lipinski definition) is 7. The molecule has 2 aromatic heterocycles. The van der Waals surface area contributed by atoms with Crippen molar-refractivity contribution in [3.8, 4) is 6.07 Å². The number of rotatable bonds is 7. The van der Waals surface area contributed by atoms with E-state index in [2.05, 4.69) is 36.1 Å². The van der Waals surface area contributed by atoms with Crippen LogP contribution in [0.5, 0.6) is 0 Å². The number of para-hydroxylation sites is 2. The minimum Gasteiger partial charge on any atom is -0.393 e. The maximum atomic E-state index is 12.1. The Kier molecular flexibility index (Phi) is 6.99. The number of aromatic nitrogens is 4. The molecule has 0 spiro atoms. The van der Waals surface area contributed by atoms with Crippen LogP contribution in [0.25, 0.3) is 17.1 Å². The highest BCUT2D eigenvalue weighted by Crippen LogP contribution is 2.68. The lowest BCUT2D eigenvalue weighted by Gasteiger charge is -2.61. The fourth-order valence-corrected chi connectivity index (χ4v) is 10.8. The molecule has 0 bridgehead atoms. The van der Waals surface area contributed by atoms with Crippen LogP contribution >= 0.6 is 11.8 Å². The maximum Gasteiger partial charge on any atom is 0.115 e. The third-order valence-corrected chi connectivity index (χ3v) is 12.7. The summed E-state index contributed by atoms with van der Waals surface area (Å²) in [5.41, 5.74) is 5.35. The number of aryl methyl sites for hydroxylation is 1. The molecule has 3 saturated carbocycles. The highest BCUT2D eigenvalue weighted by molar-refractivity contribution is 7.99. The molecule has 8 heteroatoms.